The fraction of sp³-hybridized carbons (Fsp3) is 0.864. The molecular formula is C22H40NO4. The largest absolute Gasteiger partial charge is 0.386 e. The van der Waals surface area contributed by atoms with Crippen LogP contribution in [0.5, 0.6) is 0 Å². The van der Waals surface area contributed by atoms with Crippen molar-refractivity contribution in [1.82, 2.24) is 0 Å². The Bertz CT molecular complexity index is 385. The van der Waals surface area contributed by atoms with Gasteiger partial charge in [-0.05, 0) is 31.8 Å². The molecule has 0 aliphatic rings. The van der Waals surface area contributed by atoms with E-state index in [-0.39, 0.29) is 4.92 Å². The molecule has 0 aliphatic heterocycles. The molecule has 0 aromatic carbocycles. The number of nitro groups is 1. The second-order valence-electron chi connectivity index (χ2n) is 7.55. The fourth-order valence-electron chi connectivity index (χ4n) is 3.40. The van der Waals surface area contributed by atoms with Gasteiger partial charge in [0.2, 0.25) is 12.3 Å². The smallest absolute Gasteiger partial charge is 0.238 e. The number of hydrogen-bond acceptors (Lipinski definition) is 4. The molecule has 157 valence electrons. The highest BCUT2D eigenvalue weighted by Gasteiger charge is 2.28. The van der Waals surface area contributed by atoms with E-state index in [9.17, 15) is 20.0 Å². The predicted octanol–water partition coefficient (Wildman–Crippen LogP) is 5.92. The SMILES string of the molecule is CCCCCCCCC(O)C(CCCCCCCCCC=C[C]=O)[N+](=O)[O-]. The lowest BCUT2D eigenvalue weighted by atomic mass is 9.98. The monoisotopic (exact) mass is 382 g/mol. The molecule has 0 rings (SSSR count). The van der Waals surface area contributed by atoms with E-state index < -0.39 is 12.1 Å². The zero-order chi connectivity index (χ0) is 20.2. The topological polar surface area (TPSA) is 80.4 Å². The van der Waals surface area contributed by atoms with E-state index in [0.717, 1.165) is 70.6 Å². The van der Waals surface area contributed by atoms with Crippen LogP contribution in [0, 0.1) is 10.1 Å². The van der Waals surface area contributed by atoms with Gasteiger partial charge in [0.15, 0.2) is 0 Å². The van der Waals surface area contributed by atoms with E-state index in [2.05, 4.69) is 6.92 Å². The van der Waals surface area contributed by atoms with Crippen molar-refractivity contribution >= 4 is 6.29 Å². The Labute approximate surface area is 165 Å². The van der Waals surface area contributed by atoms with Crippen molar-refractivity contribution < 1.29 is 14.8 Å². The molecule has 0 aromatic rings. The van der Waals surface area contributed by atoms with Crippen LogP contribution >= 0.6 is 0 Å². The van der Waals surface area contributed by atoms with Crippen molar-refractivity contribution in [2.24, 2.45) is 0 Å². The van der Waals surface area contributed by atoms with Crippen LogP contribution in [0.15, 0.2) is 12.2 Å². The van der Waals surface area contributed by atoms with E-state index in [1.807, 2.05) is 6.08 Å². The lowest BCUT2D eigenvalue weighted by Gasteiger charge is -2.16. The molecule has 0 fully saturated rings. The molecule has 0 aliphatic carbocycles. The van der Waals surface area contributed by atoms with Crippen LogP contribution in [-0.2, 0) is 4.79 Å². The zero-order valence-electron chi connectivity index (χ0n) is 17.2. The lowest BCUT2D eigenvalue weighted by Crippen LogP contribution is -2.33. The van der Waals surface area contributed by atoms with Gasteiger partial charge in [0.1, 0.15) is 6.10 Å². The van der Waals surface area contributed by atoms with Crippen molar-refractivity contribution in [3.8, 4) is 0 Å². The van der Waals surface area contributed by atoms with Crippen molar-refractivity contribution in [2.45, 2.75) is 122 Å². The van der Waals surface area contributed by atoms with E-state index in [4.69, 9.17) is 0 Å². The summed E-state index contributed by atoms with van der Waals surface area (Å²) in [6, 6.07) is -0.804. The van der Waals surface area contributed by atoms with Gasteiger partial charge in [-0.15, -0.1) is 0 Å². The second kappa shape index (κ2) is 19.5. The number of aliphatic hydroxyl groups excluding tert-OH is 1. The van der Waals surface area contributed by atoms with Crippen LogP contribution < -0.4 is 0 Å². The minimum Gasteiger partial charge on any atom is -0.386 e. The number of unbranched alkanes of at least 4 members (excludes halogenated alkanes) is 12. The summed E-state index contributed by atoms with van der Waals surface area (Å²) in [5.41, 5.74) is 0. The summed E-state index contributed by atoms with van der Waals surface area (Å²) in [5.74, 6) is 0. The average Bonchev–Trinajstić information content (AvgIpc) is 2.65. The highest BCUT2D eigenvalue weighted by atomic mass is 16.6. The number of allylic oxidation sites excluding steroid dienone is 2. The molecule has 2 atom stereocenters. The number of hydrogen-bond donors (Lipinski definition) is 1. The third-order valence-electron chi connectivity index (χ3n) is 5.12. The Morgan fingerprint density at radius 1 is 0.889 bits per heavy atom. The van der Waals surface area contributed by atoms with Gasteiger partial charge in [-0.1, -0.05) is 83.6 Å². The van der Waals surface area contributed by atoms with Crippen LogP contribution in [0.3, 0.4) is 0 Å². The minimum atomic E-state index is -0.804. The Kier molecular flexibility index (Phi) is 18.6. The Morgan fingerprint density at radius 3 is 1.96 bits per heavy atom. The van der Waals surface area contributed by atoms with E-state index in [1.54, 1.807) is 6.29 Å². The standard InChI is InChI=1S/C22H40NO4/c1-2-3-4-5-13-16-19-22(25)21(23(26)27)18-15-12-10-8-6-7-9-11-14-17-20-24/h14,17,21-22,25H,2-13,15-16,18-19H2,1H3. The lowest BCUT2D eigenvalue weighted by molar-refractivity contribution is -0.535. The Balaban J connectivity index is 3.69. The van der Waals surface area contributed by atoms with Crippen molar-refractivity contribution in [2.75, 3.05) is 0 Å². The van der Waals surface area contributed by atoms with E-state index in [0.29, 0.717) is 12.8 Å². The summed E-state index contributed by atoms with van der Waals surface area (Å²) >= 11 is 0. The molecule has 5 heteroatoms. The summed E-state index contributed by atoms with van der Waals surface area (Å²) in [6.07, 6.45) is 20.4. The normalized spacial score (nSPS) is 13.7. The van der Waals surface area contributed by atoms with Gasteiger partial charge in [0.25, 0.3) is 0 Å². The van der Waals surface area contributed by atoms with Gasteiger partial charge in [0.05, 0.1) is 0 Å². The maximum absolute atomic E-state index is 11.2. The zero-order valence-corrected chi connectivity index (χ0v) is 17.2. The van der Waals surface area contributed by atoms with Crippen LogP contribution in [0.2, 0.25) is 0 Å². The highest BCUT2D eigenvalue weighted by molar-refractivity contribution is 5.65. The number of nitrogens with zero attached hydrogens (tertiary/aromatic N) is 1. The van der Waals surface area contributed by atoms with Gasteiger partial charge in [-0.2, -0.15) is 0 Å². The van der Waals surface area contributed by atoms with Gasteiger partial charge in [0, 0.05) is 11.3 Å². The van der Waals surface area contributed by atoms with Crippen molar-refractivity contribution in [3.63, 3.8) is 0 Å². The molecule has 2 unspecified atom stereocenters. The molecule has 0 aromatic heterocycles. The molecule has 0 spiro atoms. The van der Waals surface area contributed by atoms with E-state index in [1.165, 1.54) is 25.3 Å². The number of carbonyl (C=O) groups excluding carboxylic acids is 1. The van der Waals surface area contributed by atoms with Crippen LogP contribution in [0.4, 0.5) is 0 Å². The quantitative estimate of drug-likeness (QED) is 0.123. The molecule has 27 heavy (non-hydrogen) atoms. The predicted molar refractivity (Wildman–Crippen MR) is 111 cm³/mol. The molecule has 1 N–H and O–H groups in total. The Hall–Kier alpha value is -1.23. The second-order valence-corrected chi connectivity index (χ2v) is 7.55. The minimum absolute atomic E-state index is 0.286. The third kappa shape index (κ3) is 16.7. The maximum Gasteiger partial charge on any atom is 0.238 e. The maximum atomic E-state index is 11.2. The third-order valence-corrected chi connectivity index (χ3v) is 5.12. The number of rotatable bonds is 20. The van der Waals surface area contributed by atoms with Gasteiger partial charge in [-0.3, -0.25) is 14.9 Å². The van der Waals surface area contributed by atoms with Crippen molar-refractivity contribution in [1.29, 1.82) is 0 Å². The molecule has 0 saturated carbocycles. The summed E-state index contributed by atoms with van der Waals surface area (Å²) in [7, 11) is 0. The molecule has 0 heterocycles. The first kappa shape index (κ1) is 25.8. The van der Waals surface area contributed by atoms with Gasteiger partial charge in [-0.25, -0.2) is 0 Å². The molecule has 0 saturated heterocycles. The molecule has 5 nitrogen and oxygen atoms in total. The summed E-state index contributed by atoms with van der Waals surface area (Å²) in [6.45, 7) is 2.18. The number of aliphatic hydroxyl groups is 1. The van der Waals surface area contributed by atoms with Gasteiger partial charge >= 0.3 is 0 Å². The van der Waals surface area contributed by atoms with Crippen molar-refractivity contribution in [3.05, 3.63) is 22.3 Å². The summed E-state index contributed by atoms with van der Waals surface area (Å²) in [4.78, 5) is 21.0. The molecular weight excluding hydrogens is 342 g/mol. The highest BCUT2D eigenvalue weighted by Crippen LogP contribution is 2.17. The molecule has 0 bridgehead atoms. The first-order valence-corrected chi connectivity index (χ1v) is 11.0. The van der Waals surface area contributed by atoms with Crippen LogP contribution in [-0.4, -0.2) is 28.5 Å². The average molecular weight is 383 g/mol. The first-order valence-electron chi connectivity index (χ1n) is 11.0. The Morgan fingerprint density at radius 2 is 1.41 bits per heavy atom. The van der Waals surface area contributed by atoms with Gasteiger partial charge < -0.3 is 5.11 Å². The summed E-state index contributed by atoms with van der Waals surface area (Å²) in [5, 5.41) is 21.4. The van der Waals surface area contributed by atoms with E-state index >= 15 is 0 Å². The first-order chi connectivity index (χ1) is 13.1. The molecule has 0 amide bonds. The molecule has 1 radical (unpaired) electrons. The van der Waals surface area contributed by atoms with Crippen LogP contribution in [0.1, 0.15) is 110 Å². The fourth-order valence-corrected chi connectivity index (χ4v) is 3.40. The van der Waals surface area contributed by atoms with Crippen LogP contribution in [0.25, 0.3) is 0 Å². The summed E-state index contributed by atoms with van der Waals surface area (Å²) < 4.78 is 0.